The summed E-state index contributed by atoms with van der Waals surface area (Å²) in [6.45, 7) is 1.78. The molecule has 3 rings (SSSR count). The van der Waals surface area contributed by atoms with Gasteiger partial charge in [0.05, 0.1) is 4.90 Å². The smallest absolute Gasteiger partial charge is 0.270 e. The van der Waals surface area contributed by atoms with Gasteiger partial charge in [-0.25, -0.2) is 13.4 Å². The quantitative estimate of drug-likeness (QED) is 0.727. The van der Waals surface area contributed by atoms with E-state index in [1.54, 1.807) is 35.7 Å². The van der Waals surface area contributed by atoms with Crippen molar-refractivity contribution in [1.29, 1.82) is 0 Å². The van der Waals surface area contributed by atoms with E-state index < -0.39 is 10.0 Å². The number of nitrogens with two attached hydrogens (primary N) is 1. The highest BCUT2D eigenvalue weighted by Gasteiger charge is 2.29. The van der Waals surface area contributed by atoms with Crippen LogP contribution in [0.4, 0.5) is 0 Å². The maximum atomic E-state index is 12.6. The molecule has 2 aromatic rings. The largest absolute Gasteiger partial charge is 0.350 e. The maximum absolute atomic E-state index is 12.6. The van der Waals surface area contributed by atoms with E-state index in [0.717, 1.165) is 17.8 Å². The third-order valence-electron chi connectivity index (χ3n) is 4.46. The van der Waals surface area contributed by atoms with Crippen molar-refractivity contribution in [2.75, 3.05) is 19.6 Å². The van der Waals surface area contributed by atoms with Gasteiger partial charge in [0.25, 0.3) is 5.91 Å². The first-order valence-electron chi connectivity index (χ1n) is 8.48. The highest BCUT2D eigenvalue weighted by molar-refractivity contribution is 7.89. The van der Waals surface area contributed by atoms with Crippen molar-refractivity contribution in [1.82, 2.24) is 14.6 Å². The van der Waals surface area contributed by atoms with Crippen molar-refractivity contribution in [3.05, 3.63) is 46.4 Å². The van der Waals surface area contributed by atoms with Crippen molar-refractivity contribution < 1.29 is 13.2 Å². The van der Waals surface area contributed by atoms with Crippen molar-refractivity contribution in [3.8, 4) is 0 Å². The molecule has 1 saturated heterocycles. The zero-order valence-corrected chi connectivity index (χ0v) is 17.2. The number of carbonyl (C=O) groups is 1. The molecule has 0 bridgehead atoms. The van der Waals surface area contributed by atoms with Crippen molar-refractivity contribution in [2.45, 2.75) is 24.3 Å². The second-order valence-electron chi connectivity index (χ2n) is 6.20. The highest BCUT2D eigenvalue weighted by atomic mass is 35.5. The van der Waals surface area contributed by atoms with Gasteiger partial charge in [-0.3, -0.25) is 4.79 Å². The number of aromatic nitrogens is 1. The third kappa shape index (κ3) is 5.26. The molecular weight excluding hydrogens is 408 g/mol. The number of benzene rings is 1. The Hall–Kier alpha value is -1.52. The summed E-state index contributed by atoms with van der Waals surface area (Å²) in [6, 6.07) is 8.48. The van der Waals surface area contributed by atoms with Gasteiger partial charge in [-0.1, -0.05) is 18.2 Å². The van der Waals surface area contributed by atoms with Crippen LogP contribution >= 0.6 is 23.7 Å². The van der Waals surface area contributed by atoms with Gasteiger partial charge in [-0.2, -0.15) is 4.31 Å². The predicted octanol–water partition coefficient (Wildman–Crippen LogP) is 1.85. The number of halogens is 1. The number of carbonyl (C=O) groups excluding carboxylic acids is 1. The molecule has 0 radical (unpaired) electrons. The molecule has 0 saturated carbocycles. The molecule has 27 heavy (non-hydrogen) atoms. The molecule has 1 amide bonds. The number of nitrogens with zero attached hydrogens (tertiary/aromatic N) is 2. The summed E-state index contributed by atoms with van der Waals surface area (Å²) in [5, 5.41) is 5.32. The molecule has 0 aliphatic carbocycles. The molecule has 10 heteroatoms. The van der Waals surface area contributed by atoms with Crippen LogP contribution in [0.5, 0.6) is 0 Å². The molecule has 7 nitrogen and oxygen atoms in total. The van der Waals surface area contributed by atoms with Gasteiger partial charge < -0.3 is 11.1 Å². The number of sulfonamides is 1. The lowest BCUT2D eigenvalue weighted by molar-refractivity contribution is 0.0937. The molecule has 0 unspecified atom stereocenters. The molecule has 1 aliphatic heterocycles. The molecule has 1 aromatic carbocycles. The van der Waals surface area contributed by atoms with Crippen LogP contribution in [-0.4, -0.2) is 43.2 Å². The molecule has 3 N–H and O–H groups in total. The van der Waals surface area contributed by atoms with Crippen LogP contribution in [-0.2, 0) is 16.6 Å². The minimum Gasteiger partial charge on any atom is -0.350 e. The van der Waals surface area contributed by atoms with Crippen LogP contribution in [0.1, 0.15) is 28.3 Å². The highest BCUT2D eigenvalue weighted by Crippen LogP contribution is 2.23. The van der Waals surface area contributed by atoms with E-state index in [-0.39, 0.29) is 24.2 Å². The predicted molar refractivity (Wildman–Crippen MR) is 108 cm³/mol. The molecular formula is C17H23ClN4O3S2. The fourth-order valence-electron chi connectivity index (χ4n) is 2.93. The van der Waals surface area contributed by atoms with Gasteiger partial charge >= 0.3 is 0 Å². The molecule has 1 aliphatic rings. The number of thiazole rings is 1. The number of piperidine rings is 1. The Morgan fingerprint density at radius 3 is 2.52 bits per heavy atom. The summed E-state index contributed by atoms with van der Waals surface area (Å²) >= 11 is 1.37. The number of hydrogen-bond acceptors (Lipinski definition) is 6. The number of hydrogen-bond donors (Lipinski definition) is 2. The van der Waals surface area contributed by atoms with Gasteiger partial charge in [-0.05, 0) is 30.9 Å². The van der Waals surface area contributed by atoms with E-state index >= 15 is 0 Å². The summed E-state index contributed by atoms with van der Waals surface area (Å²) in [5.74, 6) is 0.0501. The third-order valence-corrected chi connectivity index (χ3v) is 7.25. The van der Waals surface area contributed by atoms with Gasteiger partial charge in [-0.15, -0.1) is 23.7 Å². The van der Waals surface area contributed by atoms with Crippen LogP contribution in [0.2, 0.25) is 0 Å². The lowest BCUT2D eigenvalue weighted by Gasteiger charge is -2.31. The van der Waals surface area contributed by atoms with Gasteiger partial charge in [0, 0.05) is 31.6 Å². The van der Waals surface area contributed by atoms with E-state index in [9.17, 15) is 13.2 Å². The van der Waals surface area contributed by atoms with Gasteiger partial charge in [0.2, 0.25) is 10.0 Å². The summed E-state index contributed by atoms with van der Waals surface area (Å²) in [6.07, 6.45) is 1.44. The van der Waals surface area contributed by atoms with Crippen molar-refractivity contribution in [2.24, 2.45) is 11.7 Å². The average molecular weight is 431 g/mol. The summed E-state index contributed by atoms with van der Waals surface area (Å²) in [4.78, 5) is 16.6. The number of rotatable bonds is 6. The standard InChI is InChI=1S/C17H22N4O3S2.ClH/c18-10-16-20-15(12-25-16)17(22)19-11-13-6-8-21(9-7-13)26(23,24)14-4-2-1-3-5-14;/h1-5,12-13H,6-11,18H2,(H,19,22);1H. The first-order chi connectivity index (χ1) is 12.5. The Balaban J connectivity index is 0.00000261. The molecule has 1 fully saturated rings. The maximum Gasteiger partial charge on any atom is 0.270 e. The van der Waals surface area contributed by atoms with Crippen LogP contribution in [0.3, 0.4) is 0 Å². The second-order valence-corrected chi connectivity index (χ2v) is 9.08. The first-order valence-corrected chi connectivity index (χ1v) is 10.8. The Morgan fingerprint density at radius 2 is 1.93 bits per heavy atom. The SMILES string of the molecule is Cl.NCc1nc(C(=O)NCC2CCN(S(=O)(=O)c3ccccc3)CC2)cs1. The fourth-order valence-corrected chi connectivity index (χ4v) is 5.08. The Labute approximate surface area is 169 Å². The number of nitrogens with one attached hydrogen (secondary N) is 1. The lowest BCUT2D eigenvalue weighted by atomic mass is 9.98. The second kappa shape index (κ2) is 9.61. The van der Waals surface area contributed by atoms with Crippen LogP contribution in [0.25, 0.3) is 0 Å². The van der Waals surface area contributed by atoms with Gasteiger partial charge in [0.15, 0.2) is 0 Å². The van der Waals surface area contributed by atoms with Crippen LogP contribution < -0.4 is 11.1 Å². The monoisotopic (exact) mass is 430 g/mol. The summed E-state index contributed by atoms with van der Waals surface area (Å²) in [5.41, 5.74) is 5.90. The molecule has 2 heterocycles. The van der Waals surface area contributed by atoms with Crippen LogP contribution in [0.15, 0.2) is 40.6 Å². The minimum atomic E-state index is -3.43. The average Bonchev–Trinajstić information content (AvgIpc) is 3.16. The number of amides is 1. The van der Waals surface area contributed by atoms with E-state index in [4.69, 9.17) is 5.73 Å². The van der Waals surface area contributed by atoms with E-state index in [2.05, 4.69) is 10.3 Å². The van der Waals surface area contributed by atoms with E-state index in [1.165, 1.54) is 15.6 Å². The van der Waals surface area contributed by atoms with E-state index in [0.29, 0.717) is 36.8 Å². The summed E-state index contributed by atoms with van der Waals surface area (Å²) < 4.78 is 26.8. The first kappa shape index (κ1) is 21.8. The molecule has 0 spiro atoms. The lowest BCUT2D eigenvalue weighted by Crippen LogP contribution is -2.41. The normalized spacial score (nSPS) is 15.9. The fraction of sp³-hybridized carbons (Fsp3) is 0.412. The Morgan fingerprint density at radius 1 is 1.26 bits per heavy atom. The Bertz CT molecular complexity index is 850. The molecule has 148 valence electrons. The van der Waals surface area contributed by atoms with Crippen LogP contribution in [0, 0.1) is 5.92 Å². The van der Waals surface area contributed by atoms with Crippen molar-refractivity contribution >= 4 is 39.7 Å². The topological polar surface area (TPSA) is 105 Å². The Kier molecular flexibility index (Phi) is 7.75. The van der Waals surface area contributed by atoms with E-state index in [1.807, 2.05) is 0 Å². The summed E-state index contributed by atoms with van der Waals surface area (Å²) in [7, 11) is -3.43. The zero-order valence-electron chi connectivity index (χ0n) is 14.7. The van der Waals surface area contributed by atoms with Gasteiger partial charge in [0.1, 0.15) is 10.7 Å². The molecule has 1 aromatic heterocycles. The molecule has 0 atom stereocenters. The minimum absolute atomic E-state index is 0. The zero-order chi connectivity index (χ0) is 18.6. The van der Waals surface area contributed by atoms with Crippen molar-refractivity contribution in [3.63, 3.8) is 0 Å².